The average Bonchev–Trinajstić information content (AvgIpc) is 2.75. The highest BCUT2D eigenvalue weighted by atomic mass is 16.7. The molecule has 1 amide bonds. The quantitative estimate of drug-likeness (QED) is 0.120. The molecule has 0 spiro atoms. The van der Waals surface area contributed by atoms with Crippen molar-refractivity contribution in [1.82, 2.24) is 5.32 Å². The van der Waals surface area contributed by atoms with Crippen molar-refractivity contribution in [2.24, 2.45) is 5.73 Å². The number of carbonyl (C=O) groups excluding carboxylic acids is 1. The maximum absolute atomic E-state index is 12.1. The maximum atomic E-state index is 12.1. The van der Waals surface area contributed by atoms with Crippen molar-refractivity contribution in [3.05, 3.63) is 0 Å². The second kappa shape index (κ2) is 13.4. The van der Waals surface area contributed by atoms with Gasteiger partial charge < -0.3 is 61.4 Å². The third kappa shape index (κ3) is 7.32. The maximum Gasteiger partial charge on any atom is 0.251 e. The van der Waals surface area contributed by atoms with E-state index in [0.717, 1.165) is 12.8 Å². The summed E-state index contributed by atoms with van der Waals surface area (Å²) in [7, 11) is 0. The van der Waals surface area contributed by atoms with Gasteiger partial charge in [-0.05, 0) is 19.4 Å². The van der Waals surface area contributed by atoms with Crippen molar-refractivity contribution in [3.63, 3.8) is 0 Å². The van der Waals surface area contributed by atoms with Gasteiger partial charge >= 0.3 is 0 Å². The molecular weight excluding hydrogens is 408 g/mol. The Morgan fingerprint density at radius 1 is 1.03 bits per heavy atom. The van der Waals surface area contributed by atoms with Crippen LogP contribution in [0.3, 0.4) is 0 Å². The molecule has 0 aromatic heterocycles. The van der Waals surface area contributed by atoms with Crippen molar-refractivity contribution < 1.29 is 55.1 Å². The molecule has 0 saturated carbocycles. The van der Waals surface area contributed by atoms with Crippen LogP contribution in [0.25, 0.3) is 0 Å². The lowest BCUT2D eigenvalue weighted by Gasteiger charge is -2.42. The van der Waals surface area contributed by atoms with Crippen LogP contribution < -0.4 is 11.1 Å². The second-order valence-corrected chi connectivity index (χ2v) is 7.12. The standard InChI is InChI=1S/C17H34N2O11/c18-4-2-1-3-5-19-16(28)13(26)12(25)15(8(22)6-20)30-17-14(27)11(24)10(23)9(7-21)29-17/h8-15,17,20-27H,1-7,18H2,(H,19,28)/t8?,9?,10-,11-,12?,13?,14?,15?,17-/m0/s1. The molecule has 1 fully saturated rings. The van der Waals surface area contributed by atoms with Crippen molar-refractivity contribution in [2.75, 3.05) is 26.3 Å². The van der Waals surface area contributed by atoms with Gasteiger partial charge in [0.25, 0.3) is 5.91 Å². The predicted molar refractivity (Wildman–Crippen MR) is 99.7 cm³/mol. The van der Waals surface area contributed by atoms with Gasteiger partial charge in [-0.3, -0.25) is 4.79 Å². The monoisotopic (exact) mass is 442 g/mol. The molecule has 30 heavy (non-hydrogen) atoms. The van der Waals surface area contributed by atoms with Crippen molar-refractivity contribution in [3.8, 4) is 0 Å². The molecule has 1 rings (SSSR count). The fourth-order valence-electron chi connectivity index (χ4n) is 2.93. The van der Waals surface area contributed by atoms with E-state index in [4.69, 9.17) is 15.2 Å². The Kier molecular flexibility index (Phi) is 12.1. The Labute approximate surface area is 173 Å². The van der Waals surface area contributed by atoms with Crippen molar-refractivity contribution in [2.45, 2.75) is 74.4 Å². The smallest absolute Gasteiger partial charge is 0.251 e. The molecule has 11 N–H and O–H groups in total. The molecule has 178 valence electrons. The van der Waals surface area contributed by atoms with Crippen LogP contribution in [-0.4, -0.2) is 128 Å². The second-order valence-electron chi connectivity index (χ2n) is 7.12. The molecule has 0 bridgehead atoms. The summed E-state index contributed by atoms with van der Waals surface area (Å²) in [4.78, 5) is 12.1. The van der Waals surface area contributed by atoms with Gasteiger partial charge in [0.1, 0.15) is 42.7 Å². The number of aliphatic hydroxyl groups is 8. The van der Waals surface area contributed by atoms with Gasteiger partial charge in [-0.15, -0.1) is 0 Å². The summed E-state index contributed by atoms with van der Waals surface area (Å²) < 4.78 is 10.3. The summed E-state index contributed by atoms with van der Waals surface area (Å²) in [5.74, 6) is -0.956. The number of rotatable bonds is 13. The third-order valence-corrected chi connectivity index (χ3v) is 4.81. The number of amides is 1. The zero-order valence-electron chi connectivity index (χ0n) is 16.5. The van der Waals surface area contributed by atoms with Gasteiger partial charge in [-0.1, -0.05) is 6.42 Å². The van der Waals surface area contributed by atoms with E-state index in [1.807, 2.05) is 0 Å². The van der Waals surface area contributed by atoms with E-state index in [2.05, 4.69) is 5.32 Å². The molecule has 0 aliphatic carbocycles. The lowest BCUT2D eigenvalue weighted by atomic mass is 9.98. The largest absolute Gasteiger partial charge is 0.394 e. The average molecular weight is 442 g/mol. The zero-order valence-corrected chi connectivity index (χ0v) is 16.5. The minimum atomic E-state index is -2.06. The first kappa shape index (κ1) is 27.1. The lowest BCUT2D eigenvalue weighted by molar-refractivity contribution is -0.326. The highest BCUT2D eigenvalue weighted by Gasteiger charge is 2.47. The van der Waals surface area contributed by atoms with Gasteiger partial charge in [0.05, 0.1) is 13.2 Å². The Hall–Kier alpha value is -0.970. The molecule has 0 aromatic rings. The van der Waals surface area contributed by atoms with Crippen LogP contribution in [0, 0.1) is 0 Å². The molecule has 6 unspecified atom stereocenters. The molecule has 0 aromatic carbocycles. The normalized spacial score (nSPS) is 31.0. The van der Waals surface area contributed by atoms with Crippen LogP contribution in [0.2, 0.25) is 0 Å². The number of aliphatic hydroxyl groups excluding tert-OH is 8. The van der Waals surface area contributed by atoms with Gasteiger partial charge in [-0.25, -0.2) is 0 Å². The SMILES string of the molecule is NCCCCCNC(=O)C(O)C(O)C(O[C@@H]1OC(CO)[C@H](O)[C@H](O)C1O)C(O)CO. The number of hydrogen-bond acceptors (Lipinski definition) is 12. The first-order valence-corrected chi connectivity index (χ1v) is 9.78. The number of nitrogens with one attached hydrogen (secondary N) is 1. The van der Waals surface area contributed by atoms with E-state index in [0.29, 0.717) is 13.0 Å². The Morgan fingerprint density at radius 3 is 2.27 bits per heavy atom. The van der Waals surface area contributed by atoms with E-state index in [-0.39, 0.29) is 6.54 Å². The molecule has 1 saturated heterocycles. The van der Waals surface area contributed by atoms with E-state index in [1.54, 1.807) is 0 Å². The summed E-state index contributed by atoms with van der Waals surface area (Å²) in [6, 6.07) is 0. The van der Waals surface area contributed by atoms with Crippen LogP contribution in [0.4, 0.5) is 0 Å². The van der Waals surface area contributed by atoms with Crippen LogP contribution in [0.5, 0.6) is 0 Å². The fourth-order valence-corrected chi connectivity index (χ4v) is 2.93. The van der Waals surface area contributed by atoms with Gasteiger partial charge in [0.2, 0.25) is 0 Å². The number of unbranched alkanes of at least 4 members (excludes halogenated alkanes) is 2. The van der Waals surface area contributed by atoms with Gasteiger partial charge in [-0.2, -0.15) is 0 Å². The fraction of sp³-hybridized carbons (Fsp3) is 0.941. The molecule has 0 radical (unpaired) electrons. The lowest BCUT2D eigenvalue weighted by Crippen LogP contribution is -2.62. The topological polar surface area (TPSA) is 235 Å². The predicted octanol–water partition coefficient (Wildman–Crippen LogP) is -5.51. The van der Waals surface area contributed by atoms with Crippen LogP contribution in [0.1, 0.15) is 19.3 Å². The highest BCUT2D eigenvalue weighted by Crippen LogP contribution is 2.25. The molecule has 13 nitrogen and oxygen atoms in total. The summed E-state index contributed by atoms with van der Waals surface area (Å²) in [6.45, 7) is -0.961. The minimum Gasteiger partial charge on any atom is -0.394 e. The van der Waals surface area contributed by atoms with Crippen molar-refractivity contribution in [1.29, 1.82) is 0 Å². The summed E-state index contributed by atoms with van der Waals surface area (Å²) >= 11 is 0. The molecule has 13 heteroatoms. The highest BCUT2D eigenvalue weighted by molar-refractivity contribution is 5.81. The van der Waals surface area contributed by atoms with Gasteiger partial charge in [0.15, 0.2) is 12.4 Å². The molecule has 1 heterocycles. The van der Waals surface area contributed by atoms with E-state index in [1.165, 1.54) is 0 Å². The van der Waals surface area contributed by atoms with Crippen LogP contribution >= 0.6 is 0 Å². The van der Waals surface area contributed by atoms with E-state index >= 15 is 0 Å². The third-order valence-electron chi connectivity index (χ3n) is 4.81. The molecule has 1 aliphatic heterocycles. The Morgan fingerprint density at radius 2 is 1.70 bits per heavy atom. The Bertz CT molecular complexity index is 498. The minimum absolute atomic E-state index is 0.212. The van der Waals surface area contributed by atoms with Crippen molar-refractivity contribution >= 4 is 5.91 Å². The van der Waals surface area contributed by atoms with Crippen LogP contribution in [-0.2, 0) is 14.3 Å². The van der Waals surface area contributed by atoms with E-state index < -0.39 is 74.2 Å². The summed E-state index contributed by atoms with van der Waals surface area (Å²) in [6.07, 6.45) is -14.0. The molecular formula is C17H34N2O11. The first-order valence-electron chi connectivity index (χ1n) is 9.78. The number of hydrogen-bond donors (Lipinski definition) is 10. The van der Waals surface area contributed by atoms with E-state index in [9.17, 15) is 45.6 Å². The van der Waals surface area contributed by atoms with Gasteiger partial charge in [0, 0.05) is 6.54 Å². The zero-order chi connectivity index (χ0) is 22.8. The number of nitrogens with two attached hydrogens (primary N) is 1. The first-order chi connectivity index (χ1) is 14.2. The Balaban J connectivity index is 2.79. The summed E-state index contributed by atoms with van der Waals surface area (Å²) in [5, 5.41) is 80.8. The number of carbonyl (C=O) groups is 1. The number of ether oxygens (including phenoxy) is 2. The van der Waals surface area contributed by atoms with Crippen LogP contribution in [0.15, 0.2) is 0 Å². The summed E-state index contributed by atoms with van der Waals surface area (Å²) in [5.41, 5.74) is 5.36. The molecule has 9 atom stereocenters. The molecule has 1 aliphatic rings.